The van der Waals surface area contributed by atoms with Crippen LogP contribution in [0.25, 0.3) is 4.96 Å². The minimum Gasteiger partial charge on any atom is -0.346 e. The maximum atomic E-state index is 12.6. The molecule has 1 N–H and O–H groups in total. The maximum absolute atomic E-state index is 12.6. The van der Waals surface area contributed by atoms with E-state index in [0.29, 0.717) is 10.9 Å². The van der Waals surface area contributed by atoms with Gasteiger partial charge in [0.1, 0.15) is 5.69 Å². The van der Waals surface area contributed by atoms with Crippen molar-refractivity contribution in [1.82, 2.24) is 24.9 Å². The number of nitrogens with one attached hydrogen (secondary N) is 1. The summed E-state index contributed by atoms with van der Waals surface area (Å²) in [4.78, 5) is 35.4. The van der Waals surface area contributed by atoms with Crippen LogP contribution < -0.4 is 15.8 Å². The summed E-state index contributed by atoms with van der Waals surface area (Å²) in [6.07, 6.45) is 3.99. The third-order valence-electron chi connectivity index (χ3n) is 4.56. The number of piperidine rings is 1. The van der Waals surface area contributed by atoms with E-state index in [1.165, 1.54) is 28.3 Å². The van der Waals surface area contributed by atoms with Crippen LogP contribution in [0.3, 0.4) is 0 Å². The molecule has 1 unspecified atom stereocenters. The zero-order chi connectivity index (χ0) is 18.8. The Morgan fingerprint density at radius 1 is 1.41 bits per heavy atom. The lowest BCUT2D eigenvalue weighted by Gasteiger charge is -2.30. The van der Waals surface area contributed by atoms with E-state index in [1.807, 2.05) is 18.2 Å². The summed E-state index contributed by atoms with van der Waals surface area (Å²) in [6, 6.07) is 6.72. The fraction of sp³-hybridized carbons (Fsp3) is 0.389. The minimum absolute atomic E-state index is 0.188. The van der Waals surface area contributed by atoms with Crippen molar-refractivity contribution in [2.75, 3.05) is 18.0 Å². The van der Waals surface area contributed by atoms with Crippen LogP contribution in [0.4, 0.5) is 5.13 Å². The van der Waals surface area contributed by atoms with E-state index in [0.717, 1.165) is 30.3 Å². The molecule has 1 aliphatic rings. The number of carbonyl (C=O) groups excluding carboxylic acids is 1. The van der Waals surface area contributed by atoms with Crippen molar-refractivity contribution in [2.24, 2.45) is 5.92 Å². The number of fused-ring (bicyclic) bond motifs is 1. The lowest BCUT2D eigenvalue weighted by Crippen LogP contribution is -2.34. The van der Waals surface area contributed by atoms with Crippen LogP contribution >= 0.6 is 11.3 Å². The monoisotopic (exact) mass is 384 g/mol. The molecule has 0 aromatic carbocycles. The third kappa shape index (κ3) is 3.82. The molecule has 140 valence electrons. The lowest BCUT2D eigenvalue weighted by atomic mass is 10.0. The Hall–Kier alpha value is -2.81. The van der Waals surface area contributed by atoms with Gasteiger partial charge in [-0.2, -0.15) is 9.50 Å². The summed E-state index contributed by atoms with van der Waals surface area (Å²) in [5.74, 6) is 0.221. The van der Waals surface area contributed by atoms with Crippen LogP contribution in [0.1, 0.15) is 35.9 Å². The van der Waals surface area contributed by atoms with E-state index in [1.54, 1.807) is 6.20 Å². The number of hydrogen-bond donors (Lipinski definition) is 1. The summed E-state index contributed by atoms with van der Waals surface area (Å²) in [5, 5.41) is 8.15. The van der Waals surface area contributed by atoms with E-state index in [4.69, 9.17) is 0 Å². The van der Waals surface area contributed by atoms with Crippen LogP contribution in [0.15, 0.2) is 35.3 Å². The molecule has 1 fully saturated rings. The molecule has 1 aliphatic heterocycles. The molecule has 0 radical (unpaired) electrons. The highest BCUT2D eigenvalue weighted by Gasteiger charge is 2.22. The second-order valence-electron chi connectivity index (χ2n) is 6.76. The highest BCUT2D eigenvalue weighted by molar-refractivity contribution is 7.20. The molecule has 3 aromatic rings. The third-order valence-corrected chi connectivity index (χ3v) is 5.53. The Kier molecular flexibility index (Phi) is 4.85. The zero-order valence-electron chi connectivity index (χ0n) is 15.0. The van der Waals surface area contributed by atoms with E-state index >= 15 is 0 Å². The molecule has 4 heterocycles. The van der Waals surface area contributed by atoms with Crippen LogP contribution in [0.2, 0.25) is 0 Å². The molecule has 9 heteroatoms. The van der Waals surface area contributed by atoms with Gasteiger partial charge in [-0.15, -0.1) is 5.10 Å². The van der Waals surface area contributed by atoms with Gasteiger partial charge in [0.05, 0.1) is 12.2 Å². The van der Waals surface area contributed by atoms with Crippen LogP contribution in [-0.2, 0) is 6.54 Å². The fourth-order valence-corrected chi connectivity index (χ4v) is 4.16. The Morgan fingerprint density at radius 3 is 3.07 bits per heavy atom. The second-order valence-corrected chi connectivity index (χ2v) is 7.69. The molecule has 0 saturated carbocycles. The fourth-order valence-electron chi connectivity index (χ4n) is 3.22. The number of nitrogens with zero attached hydrogens (tertiary/aromatic N) is 5. The number of anilines is 1. The lowest BCUT2D eigenvalue weighted by molar-refractivity contribution is 0.0942. The van der Waals surface area contributed by atoms with Crippen molar-refractivity contribution in [3.8, 4) is 0 Å². The molecule has 0 bridgehead atoms. The number of rotatable bonds is 4. The predicted molar refractivity (Wildman–Crippen MR) is 103 cm³/mol. The molecular formula is C18H20N6O2S. The van der Waals surface area contributed by atoms with Gasteiger partial charge >= 0.3 is 0 Å². The Balaban J connectivity index is 1.61. The number of amides is 1. The summed E-state index contributed by atoms with van der Waals surface area (Å²) in [6.45, 7) is 4.35. The van der Waals surface area contributed by atoms with Crippen LogP contribution in [-0.4, -0.2) is 38.6 Å². The highest BCUT2D eigenvalue weighted by atomic mass is 32.1. The largest absolute Gasteiger partial charge is 0.346 e. The highest BCUT2D eigenvalue weighted by Crippen LogP contribution is 2.27. The number of carbonyl (C=O) groups is 1. The van der Waals surface area contributed by atoms with Gasteiger partial charge < -0.3 is 10.2 Å². The number of aromatic nitrogens is 4. The number of pyridine rings is 1. The molecule has 4 rings (SSSR count). The standard InChI is InChI=1S/C18H20N6O2S/c1-12-5-4-8-23(11-12)18-22-24-14(9-15(25)21-17(24)27-18)16(26)20-10-13-6-2-3-7-19-13/h2-3,6-7,9,12H,4-5,8,10-11H2,1H3,(H,20,26). The normalized spacial score (nSPS) is 17.2. The van der Waals surface area contributed by atoms with Gasteiger partial charge in [-0.25, -0.2) is 0 Å². The average Bonchev–Trinajstić information content (AvgIpc) is 3.10. The van der Waals surface area contributed by atoms with Gasteiger partial charge in [-0.05, 0) is 30.9 Å². The Morgan fingerprint density at radius 2 is 2.30 bits per heavy atom. The summed E-state index contributed by atoms with van der Waals surface area (Å²) in [7, 11) is 0. The van der Waals surface area contributed by atoms with Gasteiger partial charge in [0.25, 0.3) is 11.5 Å². The van der Waals surface area contributed by atoms with Crippen molar-refractivity contribution in [2.45, 2.75) is 26.3 Å². The zero-order valence-corrected chi connectivity index (χ0v) is 15.8. The number of hydrogen-bond acceptors (Lipinski definition) is 7. The smallest absolute Gasteiger partial charge is 0.274 e. The average molecular weight is 384 g/mol. The van der Waals surface area contributed by atoms with E-state index in [2.05, 4.69) is 32.2 Å². The minimum atomic E-state index is -0.444. The molecule has 3 aromatic heterocycles. The first-order valence-electron chi connectivity index (χ1n) is 8.94. The summed E-state index contributed by atoms with van der Waals surface area (Å²) in [5.41, 5.74) is 0.485. The predicted octanol–water partition coefficient (Wildman–Crippen LogP) is 1.71. The van der Waals surface area contributed by atoms with Crippen molar-refractivity contribution in [3.05, 3.63) is 52.2 Å². The first kappa shape index (κ1) is 17.6. The van der Waals surface area contributed by atoms with Crippen LogP contribution in [0.5, 0.6) is 0 Å². The van der Waals surface area contributed by atoms with Gasteiger partial charge in [0.15, 0.2) is 0 Å². The molecule has 1 amide bonds. The first-order chi connectivity index (χ1) is 13.1. The molecule has 0 aliphatic carbocycles. The van der Waals surface area contributed by atoms with E-state index in [9.17, 15) is 9.59 Å². The van der Waals surface area contributed by atoms with E-state index in [-0.39, 0.29) is 18.1 Å². The van der Waals surface area contributed by atoms with Crippen LogP contribution in [0, 0.1) is 5.92 Å². The molecule has 1 atom stereocenters. The maximum Gasteiger partial charge on any atom is 0.274 e. The second kappa shape index (κ2) is 7.43. The van der Waals surface area contributed by atoms with Gasteiger partial charge in [0, 0.05) is 25.4 Å². The van der Waals surface area contributed by atoms with Crippen molar-refractivity contribution in [1.29, 1.82) is 0 Å². The Bertz CT molecular complexity index is 1020. The Labute approximate surface area is 159 Å². The summed E-state index contributed by atoms with van der Waals surface area (Å²) >= 11 is 1.34. The SMILES string of the molecule is CC1CCCN(c2nn3c(C(=O)NCc4ccccn4)cc(=O)nc3s2)C1. The van der Waals surface area contributed by atoms with Crippen molar-refractivity contribution >= 4 is 27.3 Å². The molecular weight excluding hydrogens is 364 g/mol. The first-order valence-corrected chi connectivity index (χ1v) is 9.76. The molecule has 1 saturated heterocycles. The van der Waals surface area contributed by atoms with Gasteiger partial charge in [-0.3, -0.25) is 14.6 Å². The van der Waals surface area contributed by atoms with Gasteiger partial charge in [0.2, 0.25) is 10.1 Å². The summed E-state index contributed by atoms with van der Waals surface area (Å²) < 4.78 is 1.47. The molecule has 8 nitrogen and oxygen atoms in total. The van der Waals surface area contributed by atoms with Crippen molar-refractivity contribution in [3.63, 3.8) is 0 Å². The quantitative estimate of drug-likeness (QED) is 0.736. The molecule has 27 heavy (non-hydrogen) atoms. The van der Waals surface area contributed by atoms with E-state index < -0.39 is 5.56 Å². The topological polar surface area (TPSA) is 92.5 Å². The van der Waals surface area contributed by atoms with Gasteiger partial charge in [-0.1, -0.05) is 24.3 Å². The molecule has 0 spiro atoms. The van der Waals surface area contributed by atoms with Crippen molar-refractivity contribution < 1.29 is 4.79 Å².